The number of aryl methyl sites for hydroxylation is 1. The molecule has 5 aromatic rings. The van der Waals surface area contributed by atoms with Crippen molar-refractivity contribution in [1.82, 2.24) is 29.3 Å². The molecule has 2 aromatic carbocycles. The molecule has 0 N–H and O–H groups in total. The first kappa shape index (κ1) is 21.3. The van der Waals surface area contributed by atoms with Crippen molar-refractivity contribution >= 4 is 28.4 Å². The van der Waals surface area contributed by atoms with Crippen LogP contribution in [0, 0.1) is 11.7 Å². The highest BCUT2D eigenvalue weighted by Crippen LogP contribution is 2.25. The Morgan fingerprint density at radius 2 is 1.88 bits per heavy atom. The lowest BCUT2D eigenvalue weighted by molar-refractivity contribution is 0.425. The molecule has 0 fully saturated rings. The molecule has 0 saturated heterocycles. The molecule has 33 heavy (non-hydrogen) atoms. The molecule has 5 rings (SSSR count). The van der Waals surface area contributed by atoms with Crippen LogP contribution in [0.25, 0.3) is 28.1 Å². The van der Waals surface area contributed by atoms with Gasteiger partial charge in [-0.05, 0) is 48.7 Å². The molecule has 0 amide bonds. The van der Waals surface area contributed by atoms with Crippen molar-refractivity contribution in [2.24, 2.45) is 5.92 Å². The number of benzene rings is 2. The van der Waals surface area contributed by atoms with Crippen molar-refractivity contribution < 1.29 is 8.91 Å². The third kappa shape index (κ3) is 4.13. The van der Waals surface area contributed by atoms with E-state index in [2.05, 4.69) is 34.2 Å². The number of hydrogen-bond acceptors (Lipinski definition) is 7. The van der Waals surface area contributed by atoms with Gasteiger partial charge in [0.2, 0.25) is 5.78 Å². The van der Waals surface area contributed by atoms with Crippen molar-refractivity contribution in [3.05, 3.63) is 70.5 Å². The second-order valence-corrected chi connectivity index (χ2v) is 9.03. The van der Waals surface area contributed by atoms with Crippen LogP contribution in [0.3, 0.4) is 0 Å². The molecule has 0 aliphatic rings. The van der Waals surface area contributed by atoms with Crippen molar-refractivity contribution in [2.45, 2.75) is 37.7 Å². The van der Waals surface area contributed by atoms with Crippen LogP contribution in [-0.4, -0.2) is 29.3 Å². The number of rotatable bonds is 7. The highest BCUT2D eigenvalue weighted by molar-refractivity contribution is 7.98. The summed E-state index contributed by atoms with van der Waals surface area (Å²) >= 11 is 1.40. The molecule has 10 heteroatoms. The van der Waals surface area contributed by atoms with E-state index in [-0.39, 0.29) is 11.4 Å². The summed E-state index contributed by atoms with van der Waals surface area (Å²) in [5.41, 5.74) is 1.34. The van der Waals surface area contributed by atoms with E-state index in [4.69, 9.17) is 4.52 Å². The van der Waals surface area contributed by atoms with E-state index in [1.807, 2.05) is 28.7 Å². The molecular weight excluding hydrogens is 443 g/mol. The minimum atomic E-state index is -0.327. The average Bonchev–Trinajstić information content (AvgIpc) is 3.45. The minimum absolute atomic E-state index is 0.0650. The Bertz CT molecular complexity index is 1490. The lowest BCUT2D eigenvalue weighted by atomic mass is 10.1. The number of halogens is 1. The first-order chi connectivity index (χ1) is 16.0. The maximum absolute atomic E-state index is 13.2. The Morgan fingerprint density at radius 1 is 1.09 bits per heavy atom. The van der Waals surface area contributed by atoms with Crippen LogP contribution >= 0.6 is 11.8 Å². The van der Waals surface area contributed by atoms with Gasteiger partial charge in [0.1, 0.15) is 5.82 Å². The third-order valence-electron chi connectivity index (χ3n) is 5.30. The molecule has 8 nitrogen and oxygen atoms in total. The van der Waals surface area contributed by atoms with Crippen LogP contribution < -0.4 is 5.56 Å². The summed E-state index contributed by atoms with van der Waals surface area (Å²) in [5.74, 6) is 1.84. The Kier molecular flexibility index (Phi) is 5.67. The summed E-state index contributed by atoms with van der Waals surface area (Å²) in [7, 11) is 0. The van der Waals surface area contributed by atoms with Crippen LogP contribution in [-0.2, 0) is 12.3 Å². The molecule has 0 radical (unpaired) electrons. The summed E-state index contributed by atoms with van der Waals surface area (Å²) in [4.78, 5) is 17.5. The molecule has 3 heterocycles. The number of aromatic nitrogens is 6. The van der Waals surface area contributed by atoms with E-state index in [0.717, 1.165) is 11.9 Å². The molecular formula is C23H21FN6O2S. The average molecular weight is 465 g/mol. The largest absolute Gasteiger partial charge is 0.334 e. The molecule has 0 bridgehead atoms. The van der Waals surface area contributed by atoms with E-state index in [9.17, 15) is 9.18 Å². The lowest BCUT2D eigenvalue weighted by Gasteiger charge is -2.12. The van der Waals surface area contributed by atoms with Gasteiger partial charge in [-0.3, -0.25) is 13.8 Å². The summed E-state index contributed by atoms with van der Waals surface area (Å²) in [6.45, 7) is 4.82. The van der Waals surface area contributed by atoms with E-state index in [1.165, 1.54) is 23.9 Å². The molecule has 0 atom stereocenters. The predicted octanol–water partition coefficient (Wildman–Crippen LogP) is 4.57. The Labute approximate surface area is 192 Å². The van der Waals surface area contributed by atoms with Crippen LogP contribution in [0.2, 0.25) is 0 Å². The predicted molar refractivity (Wildman–Crippen MR) is 123 cm³/mol. The Morgan fingerprint density at radius 3 is 2.67 bits per heavy atom. The smallest absolute Gasteiger partial charge is 0.262 e. The van der Waals surface area contributed by atoms with Gasteiger partial charge in [-0.15, -0.1) is 10.2 Å². The van der Waals surface area contributed by atoms with Crippen molar-refractivity contribution in [3.8, 4) is 11.5 Å². The van der Waals surface area contributed by atoms with Gasteiger partial charge in [-0.25, -0.2) is 4.39 Å². The van der Waals surface area contributed by atoms with Gasteiger partial charge in [0.15, 0.2) is 11.0 Å². The van der Waals surface area contributed by atoms with Crippen molar-refractivity contribution in [2.75, 3.05) is 0 Å². The number of nitrogens with zero attached hydrogens (tertiary/aromatic N) is 6. The van der Waals surface area contributed by atoms with Crippen LogP contribution in [0.15, 0.2) is 63.0 Å². The van der Waals surface area contributed by atoms with Crippen molar-refractivity contribution in [1.29, 1.82) is 0 Å². The fraction of sp³-hybridized carbons (Fsp3) is 0.261. The molecule has 3 aromatic heterocycles. The second-order valence-electron chi connectivity index (χ2n) is 8.09. The molecule has 0 spiro atoms. The maximum atomic E-state index is 13.2. The van der Waals surface area contributed by atoms with Crippen molar-refractivity contribution in [3.63, 3.8) is 0 Å². The standard InChI is InChI=1S/C23H21FN6O2S/c1-14(2)11-12-29-21(31)17-5-3-4-6-18(17)30-22(29)26-27-23(30)33-13-19-25-20(32-28-19)15-7-9-16(24)10-8-15/h3-10,14H,11-13H2,1-2H3. The second kappa shape index (κ2) is 8.78. The molecule has 168 valence electrons. The quantitative estimate of drug-likeness (QED) is 0.326. The third-order valence-corrected chi connectivity index (χ3v) is 6.22. The van der Waals surface area contributed by atoms with Gasteiger partial charge in [-0.2, -0.15) is 4.98 Å². The van der Waals surface area contributed by atoms with Gasteiger partial charge >= 0.3 is 0 Å². The molecule has 0 aliphatic carbocycles. The SMILES string of the molecule is CC(C)CCn1c(=O)c2ccccc2n2c(SCc3noc(-c4ccc(F)cc4)n3)nnc12. The molecule has 0 unspecified atom stereocenters. The zero-order valence-corrected chi connectivity index (χ0v) is 18.9. The van der Waals surface area contributed by atoms with E-state index in [1.54, 1.807) is 16.7 Å². The fourth-order valence-corrected chi connectivity index (χ4v) is 4.35. The zero-order chi connectivity index (χ0) is 22.9. The van der Waals surface area contributed by atoms with Gasteiger partial charge in [-0.1, -0.05) is 42.9 Å². The van der Waals surface area contributed by atoms with Gasteiger partial charge in [0.05, 0.1) is 16.7 Å². The number of thioether (sulfide) groups is 1. The first-order valence-corrected chi connectivity index (χ1v) is 11.6. The minimum Gasteiger partial charge on any atom is -0.334 e. The van der Waals surface area contributed by atoms with E-state index in [0.29, 0.717) is 51.8 Å². The summed E-state index contributed by atoms with van der Waals surface area (Å²) in [6.07, 6.45) is 0.859. The summed E-state index contributed by atoms with van der Waals surface area (Å²) in [6, 6.07) is 13.3. The van der Waals surface area contributed by atoms with Gasteiger partial charge < -0.3 is 4.52 Å². The number of para-hydroxylation sites is 1. The highest BCUT2D eigenvalue weighted by atomic mass is 32.2. The summed E-state index contributed by atoms with van der Waals surface area (Å²) in [5, 5.41) is 14.0. The van der Waals surface area contributed by atoms with Crippen LogP contribution in [0.1, 0.15) is 26.1 Å². The first-order valence-electron chi connectivity index (χ1n) is 10.6. The van der Waals surface area contributed by atoms with Crippen LogP contribution in [0.5, 0.6) is 0 Å². The monoisotopic (exact) mass is 464 g/mol. The fourth-order valence-electron chi connectivity index (χ4n) is 3.57. The maximum Gasteiger partial charge on any atom is 0.262 e. The lowest BCUT2D eigenvalue weighted by Crippen LogP contribution is -2.24. The zero-order valence-electron chi connectivity index (χ0n) is 18.1. The van der Waals surface area contributed by atoms with Gasteiger partial charge in [0, 0.05) is 12.1 Å². The van der Waals surface area contributed by atoms with Gasteiger partial charge in [0.25, 0.3) is 11.4 Å². The Balaban J connectivity index is 1.48. The van der Waals surface area contributed by atoms with E-state index < -0.39 is 0 Å². The Hall–Kier alpha value is -3.53. The topological polar surface area (TPSA) is 91.1 Å². The normalized spacial score (nSPS) is 11.8. The van der Waals surface area contributed by atoms with Crippen LogP contribution in [0.4, 0.5) is 4.39 Å². The molecule has 0 saturated carbocycles. The molecule has 0 aliphatic heterocycles. The van der Waals surface area contributed by atoms with E-state index >= 15 is 0 Å². The number of fused-ring (bicyclic) bond motifs is 3. The highest BCUT2D eigenvalue weighted by Gasteiger charge is 2.18. The number of hydrogen-bond donors (Lipinski definition) is 0. The summed E-state index contributed by atoms with van der Waals surface area (Å²) < 4.78 is 22.1.